The van der Waals surface area contributed by atoms with Gasteiger partial charge < -0.3 is 19.9 Å². The van der Waals surface area contributed by atoms with E-state index in [1.54, 1.807) is 0 Å². The van der Waals surface area contributed by atoms with Crippen molar-refractivity contribution in [2.24, 2.45) is 5.92 Å². The van der Waals surface area contributed by atoms with E-state index in [0.29, 0.717) is 0 Å². The minimum Gasteiger partial charge on any atom is -0.481 e. The third kappa shape index (κ3) is 4.26. The van der Waals surface area contributed by atoms with Crippen LogP contribution >= 0.6 is 12.0 Å². The molecule has 1 amide bonds. The molecule has 6 nitrogen and oxygen atoms in total. The maximum Gasteiger partial charge on any atom is 0.394 e. The average molecular weight is 342 g/mol. The Kier molecular flexibility index (Phi) is 5.56. The fraction of sp³-hybridized carbons (Fsp3) is 0.833. The minimum absolute atomic E-state index is 0.0159. The van der Waals surface area contributed by atoms with Gasteiger partial charge in [0, 0.05) is 24.6 Å². The van der Waals surface area contributed by atoms with Crippen molar-refractivity contribution >= 4 is 23.9 Å². The van der Waals surface area contributed by atoms with Crippen LogP contribution in [0.5, 0.6) is 0 Å². The van der Waals surface area contributed by atoms with Gasteiger partial charge >= 0.3 is 12.1 Å². The van der Waals surface area contributed by atoms with Crippen LogP contribution < -0.4 is 10.6 Å². The normalized spacial score (nSPS) is 32.1. The van der Waals surface area contributed by atoms with Gasteiger partial charge in [-0.2, -0.15) is 13.2 Å². The number of carboxylic acids is 1. The Morgan fingerprint density at radius 2 is 2.14 bits per heavy atom. The van der Waals surface area contributed by atoms with E-state index in [1.165, 1.54) is 0 Å². The zero-order chi connectivity index (χ0) is 16.3. The third-order valence-electron chi connectivity index (χ3n) is 3.76. The highest BCUT2D eigenvalue weighted by atomic mass is 32.2. The molecule has 2 rings (SSSR count). The molecule has 2 heterocycles. The number of alkyl halides is 3. The van der Waals surface area contributed by atoms with Crippen LogP contribution in [0.15, 0.2) is 0 Å². The van der Waals surface area contributed by atoms with E-state index in [-0.39, 0.29) is 32.4 Å². The Morgan fingerprint density at radius 1 is 1.41 bits per heavy atom. The van der Waals surface area contributed by atoms with Crippen molar-refractivity contribution in [1.29, 1.82) is 0 Å². The van der Waals surface area contributed by atoms with Crippen LogP contribution in [0.1, 0.15) is 19.3 Å². The molecule has 0 spiro atoms. The topological polar surface area (TPSA) is 87.7 Å². The Hall–Kier alpha value is -1.00. The standard InChI is InChI=1S/C12H17F3N2O4S/c13-12(14,15)6-1-3-16-7-5-8(22-21-10(6)7)11(20)17-4-2-9(18)19/h6-8,10,16H,1-5H2,(H,17,20)(H,18,19). The van der Waals surface area contributed by atoms with Gasteiger partial charge in [-0.25, -0.2) is 0 Å². The van der Waals surface area contributed by atoms with Crippen molar-refractivity contribution in [2.75, 3.05) is 13.1 Å². The molecule has 2 aliphatic rings. The second kappa shape index (κ2) is 7.05. The summed E-state index contributed by atoms with van der Waals surface area (Å²) in [5.74, 6) is -2.97. The molecule has 3 N–H and O–H groups in total. The smallest absolute Gasteiger partial charge is 0.394 e. The van der Waals surface area contributed by atoms with Gasteiger partial charge in [0.05, 0.1) is 18.4 Å². The van der Waals surface area contributed by atoms with Crippen molar-refractivity contribution in [2.45, 2.75) is 42.8 Å². The lowest BCUT2D eigenvalue weighted by atomic mass is 9.86. The van der Waals surface area contributed by atoms with E-state index in [4.69, 9.17) is 9.29 Å². The number of nitrogens with one attached hydrogen (secondary N) is 2. The molecule has 4 atom stereocenters. The molecule has 22 heavy (non-hydrogen) atoms. The molecule has 2 fully saturated rings. The van der Waals surface area contributed by atoms with Gasteiger partial charge in [-0.3, -0.25) is 9.59 Å². The summed E-state index contributed by atoms with van der Waals surface area (Å²) in [6.45, 7) is 0.213. The van der Waals surface area contributed by atoms with E-state index >= 15 is 0 Å². The van der Waals surface area contributed by atoms with E-state index in [1.807, 2.05) is 0 Å². The molecule has 10 heteroatoms. The van der Waals surface area contributed by atoms with Gasteiger partial charge in [-0.05, 0) is 19.4 Å². The number of carbonyl (C=O) groups excluding carboxylic acids is 1. The van der Waals surface area contributed by atoms with Crippen LogP contribution in [-0.2, 0) is 13.8 Å². The largest absolute Gasteiger partial charge is 0.481 e. The Morgan fingerprint density at radius 3 is 2.77 bits per heavy atom. The summed E-state index contributed by atoms with van der Waals surface area (Å²) in [6.07, 6.45) is -5.34. The monoisotopic (exact) mass is 342 g/mol. The zero-order valence-corrected chi connectivity index (χ0v) is 12.4. The van der Waals surface area contributed by atoms with Crippen LogP contribution in [0.3, 0.4) is 0 Å². The van der Waals surface area contributed by atoms with Crippen molar-refractivity contribution < 1.29 is 32.0 Å². The summed E-state index contributed by atoms with van der Waals surface area (Å²) in [4.78, 5) is 22.3. The number of aliphatic carboxylic acids is 1. The summed E-state index contributed by atoms with van der Waals surface area (Å²) < 4.78 is 44.1. The molecule has 0 aromatic heterocycles. The number of carbonyl (C=O) groups is 2. The summed E-state index contributed by atoms with van der Waals surface area (Å²) in [7, 11) is 0. The van der Waals surface area contributed by atoms with Crippen molar-refractivity contribution in [1.82, 2.24) is 10.6 Å². The second-order valence-electron chi connectivity index (χ2n) is 5.31. The first kappa shape index (κ1) is 17.4. The molecule has 0 radical (unpaired) electrons. The number of halogens is 3. The zero-order valence-electron chi connectivity index (χ0n) is 11.6. The van der Waals surface area contributed by atoms with Gasteiger partial charge in [0.2, 0.25) is 5.91 Å². The predicted octanol–water partition coefficient (Wildman–Crippen LogP) is 0.923. The lowest BCUT2D eigenvalue weighted by Crippen LogP contribution is -2.58. The molecule has 0 aromatic rings. The fourth-order valence-electron chi connectivity index (χ4n) is 2.64. The molecule has 126 valence electrons. The predicted molar refractivity (Wildman–Crippen MR) is 72.1 cm³/mol. The number of hydrogen-bond acceptors (Lipinski definition) is 5. The summed E-state index contributed by atoms with van der Waals surface area (Å²) in [6, 6.07) is -0.531. The molecule has 0 aliphatic carbocycles. The molecule has 0 bridgehead atoms. The fourth-order valence-corrected chi connectivity index (χ4v) is 3.63. The van der Waals surface area contributed by atoms with Crippen LogP contribution in [0.2, 0.25) is 0 Å². The van der Waals surface area contributed by atoms with Crippen LogP contribution in [0, 0.1) is 5.92 Å². The highest BCUT2D eigenvalue weighted by Crippen LogP contribution is 2.42. The highest BCUT2D eigenvalue weighted by Gasteiger charge is 2.52. The van der Waals surface area contributed by atoms with E-state index < -0.39 is 41.4 Å². The van der Waals surface area contributed by atoms with Crippen molar-refractivity contribution in [3.63, 3.8) is 0 Å². The lowest BCUT2D eigenvalue weighted by Gasteiger charge is -2.43. The molecular formula is C12H17F3N2O4S. The summed E-state index contributed by atoms with van der Waals surface area (Å²) >= 11 is 0.736. The Bertz CT molecular complexity index is 435. The number of amides is 1. The lowest BCUT2D eigenvalue weighted by molar-refractivity contribution is -0.206. The average Bonchev–Trinajstić information content (AvgIpc) is 2.44. The maximum atomic E-state index is 13.0. The second-order valence-corrected chi connectivity index (χ2v) is 6.27. The van der Waals surface area contributed by atoms with Crippen LogP contribution in [0.4, 0.5) is 13.2 Å². The minimum atomic E-state index is -4.32. The van der Waals surface area contributed by atoms with E-state index in [9.17, 15) is 22.8 Å². The van der Waals surface area contributed by atoms with Gasteiger partial charge in [0.1, 0.15) is 5.25 Å². The Labute approximate surface area is 129 Å². The maximum absolute atomic E-state index is 13.0. The first-order chi connectivity index (χ1) is 10.3. The third-order valence-corrected chi connectivity index (χ3v) is 4.73. The van der Waals surface area contributed by atoms with Gasteiger partial charge in [-0.1, -0.05) is 0 Å². The highest BCUT2D eigenvalue weighted by molar-refractivity contribution is 7.96. The first-order valence-corrected chi connectivity index (χ1v) is 7.71. The van der Waals surface area contributed by atoms with E-state index in [2.05, 4.69) is 10.6 Å². The molecule has 0 aromatic carbocycles. The molecular weight excluding hydrogens is 325 g/mol. The molecule has 4 unspecified atom stereocenters. The molecule has 0 saturated carbocycles. The van der Waals surface area contributed by atoms with Crippen molar-refractivity contribution in [3.8, 4) is 0 Å². The van der Waals surface area contributed by atoms with Crippen molar-refractivity contribution in [3.05, 3.63) is 0 Å². The number of carboxylic acid groups (broad SMARTS) is 1. The van der Waals surface area contributed by atoms with Gasteiger partial charge in [0.15, 0.2) is 0 Å². The number of hydrogen-bond donors (Lipinski definition) is 3. The van der Waals surface area contributed by atoms with Gasteiger partial charge in [-0.15, -0.1) is 0 Å². The molecule has 2 saturated heterocycles. The van der Waals surface area contributed by atoms with Crippen LogP contribution in [0.25, 0.3) is 0 Å². The summed E-state index contributed by atoms with van der Waals surface area (Å²) in [5, 5.41) is 13.3. The Balaban J connectivity index is 1.89. The van der Waals surface area contributed by atoms with Crippen LogP contribution in [-0.4, -0.2) is 53.6 Å². The van der Waals surface area contributed by atoms with Gasteiger partial charge in [0.25, 0.3) is 0 Å². The first-order valence-electron chi connectivity index (χ1n) is 6.90. The number of fused-ring (bicyclic) bond motifs is 1. The SMILES string of the molecule is O=C(O)CCNC(=O)C1CC2NCCC(C(F)(F)F)C2OS1. The number of rotatable bonds is 4. The number of piperidine rings is 1. The molecule has 2 aliphatic heterocycles. The van der Waals surface area contributed by atoms with E-state index in [0.717, 1.165) is 12.0 Å². The summed E-state index contributed by atoms with van der Waals surface area (Å²) in [5.41, 5.74) is 0. The quantitative estimate of drug-likeness (QED) is 0.659.